The highest BCUT2D eigenvalue weighted by Crippen LogP contribution is 2.29. The van der Waals surface area contributed by atoms with Crippen molar-refractivity contribution in [2.45, 2.75) is 25.2 Å². The Morgan fingerprint density at radius 1 is 0.906 bits per heavy atom. The highest BCUT2D eigenvalue weighted by Gasteiger charge is 2.21. The molecule has 7 nitrogen and oxygen atoms in total. The molecule has 8 heteroatoms. The van der Waals surface area contributed by atoms with Crippen LogP contribution in [0, 0.1) is 0 Å². The van der Waals surface area contributed by atoms with Gasteiger partial charge in [-0.2, -0.15) is 0 Å². The summed E-state index contributed by atoms with van der Waals surface area (Å²) in [6.07, 6.45) is 0.878. The van der Waals surface area contributed by atoms with Gasteiger partial charge in [-0.3, -0.25) is 9.52 Å². The molecule has 3 aromatic rings. The number of benzene rings is 3. The van der Waals surface area contributed by atoms with E-state index in [4.69, 9.17) is 9.47 Å². The average molecular weight is 455 g/mol. The Bertz CT molecular complexity index is 1170. The standard InChI is InChI=1S/C24H26N2O5S/c1-4-17-6-8-18(9-7-17)24(27)25-20-12-15-22(30-3)23(16-20)32(28,29)26-19-10-13-21(14-11-19)31-5-2/h6-16,26H,4-5H2,1-3H3,(H,25,27). The number of amides is 1. The SMILES string of the molecule is CCOc1ccc(NS(=O)(=O)c2cc(NC(=O)c3ccc(CC)cc3)ccc2OC)cc1. The Labute approximate surface area is 188 Å². The molecule has 0 atom stereocenters. The summed E-state index contributed by atoms with van der Waals surface area (Å²) in [5, 5.41) is 2.74. The van der Waals surface area contributed by atoms with Gasteiger partial charge in [0.15, 0.2) is 0 Å². The van der Waals surface area contributed by atoms with Gasteiger partial charge in [0.1, 0.15) is 16.4 Å². The molecule has 2 N–H and O–H groups in total. The number of anilines is 2. The van der Waals surface area contributed by atoms with Crippen LogP contribution in [0.1, 0.15) is 29.8 Å². The number of hydrogen-bond donors (Lipinski definition) is 2. The number of rotatable bonds is 9. The Kier molecular flexibility index (Phi) is 7.37. The second-order valence-corrected chi connectivity index (χ2v) is 8.58. The lowest BCUT2D eigenvalue weighted by Gasteiger charge is -2.14. The number of carbonyl (C=O) groups is 1. The van der Waals surface area contributed by atoms with Crippen LogP contribution in [0.5, 0.6) is 11.5 Å². The first-order chi connectivity index (χ1) is 15.4. The van der Waals surface area contributed by atoms with Gasteiger partial charge in [0.05, 0.1) is 13.7 Å². The van der Waals surface area contributed by atoms with Crippen LogP contribution in [-0.2, 0) is 16.4 Å². The first kappa shape index (κ1) is 23.1. The second-order valence-electron chi connectivity index (χ2n) is 6.93. The van der Waals surface area contributed by atoms with Gasteiger partial charge in [0.2, 0.25) is 0 Å². The molecule has 0 radical (unpaired) electrons. The second kappa shape index (κ2) is 10.2. The van der Waals surface area contributed by atoms with E-state index in [2.05, 4.69) is 10.0 Å². The van der Waals surface area contributed by atoms with E-state index in [1.54, 1.807) is 42.5 Å². The molecule has 3 rings (SSSR count). The van der Waals surface area contributed by atoms with Crippen molar-refractivity contribution in [3.63, 3.8) is 0 Å². The van der Waals surface area contributed by atoms with Gasteiger partial charge in [-0.05, 0) is 73.5 Å². The lowest BCUT2D eigenvalue weighted by molar-refractivity contribution is 0.102. The third kappa shape index (κ3) is 5.59. The fourth-order valence-electron chi connectivity index (χ4n) is 3.06. The molecule has 0 heterocycles. The summed E-state index contributed by atoms with van der Waals surface area (Å²) in [6.45, 7) is 4.42. The lowest BCUT2D eigenvalue weighted by Crippen LogP contribution is -2.16. The Morgan fingerprint density at radius 2 is 1.56 bits per heavy atom. The summed E-state index contributed by atoms with van der Waals surface area (Å²) in [5.74, 6) is 0.471. The van der Waals surface area contributed by atoms with Crippen molar-refractivity contribution in [1.29, 1.82) is 0 Å². The number of nitrogens with one attached hydrogen (secondary N) is 2. The van der Waals surface area contributed by atoms with Crippen molar-refractivity contribution in [1.82, 2.24) is 0 Å². The molecule has 168 valence electrons. The van der Waals surface area contributed by atoms with Gasteiger partial charge < -0.3 is 14.8 Å². The predicted molar refractivity (Wildman–Crippen MR) is 125 cm³/mol. The van der Waals surface area contributed by atoms with Crippen molar-refractivity contribution < 1.29 is 22.7 Å². The van der Waals surface area contributed by atoms with Gasteiger partial charge in [0, 0.05) is 16.9 Å². The van der Waals surface area contributed by atoms with Crippen LogP contribution in [0.2, 0.25) is 0 Å². The molecular weight excluding hydrogens is 428 g/mol. The number of hydrogen-bond acceptors (Lipinski definition) is 5. The molecule has 0 unspecified atom stereocenters. The summed E-state index contributed by atoms with van der Waals surface area (Å²) in [5.41, 5.74) is 2.32. The number of sulfonamides is 1. The number of aryl methyl sites for hydroxylation is 1. The van der Waals surface area contributed by atoms with E-state index >= 15 is 0 Å². The quantitative estimate of drug-likeness (QED) is 0.488. The molecule has 3 aromatic carbocycles. The molecule has 0 bridgehead atoms. The highest BCUT2D eigenvalue weighted by atomic mass is 32.2. The molecule has 0 spiro atoms. The van der Waals surface area contributed by atoms with Gasteiger partial charge in [-0.1, -0.05) is 19.1 Å². The zero-order chi connectivity index (χ0) is 23.1. The maximum atomic E-state index is 13.0. The minimum Gasteiger partial charge on any atom is -0.495 e. The first-order valence-corrected chi connectivity index (χ1v) is 11.7. The number of ether oxygens (including phenoxy) is 2. The van der Waals surface area contributed by atoms with E-state index < -0.39 is 10.0 Å². The topological polar surface area (TPSA) is 93.7 Å². The van der Waals surface area contributed by atoms with Gasteiger partial charge in [-0.15, -0.1) is 0 Å². The number of carbonyl (C=O) groups excluding carboxylic acids is 1. The maximum Gasteiger partial charge on any atom is 0.265 e. The Hall–Kier alpha value is -3.52. The van der Waals surface area contributed by atoms with Crippen molar-refractivity contribution in [2.75, 3.05) is 23.8 Å². The van der Waals surface area contributed by atoms with E-state index in [1.165, 1.54) is 19.2 Å². The van der Waals surface area contributed by atoms with Gasteiger partial charge in [-0.25, -0.2) is 8.42 Å². The molecule has 0 aliphatic rings. The molecule has 0 aromatic heterocycles. The van der Waals surface area contributed by atoms with E-state index in [1.807, 2.05) is 26.0 Å². The zero-order valence-corrected chi connectivity index (χ0v) is 19.0. The third-order valence-corrected chi connectivity index (χ3v) is 6.16. The average Bonchev–Trinajstić information content (AvgIpc) is 2.80. The van der Waals surface area contributed by atoms with E-state index in [0.717, 1.165) is 12.0 Å². The summed E-state index contributed by atoms with van der Waals surface area (Å²) in [7, 11) is -2.59. The number of methoxy groups -OCH3 is 1. The van der Waals surface area contributed by atoms with E-state index in [-0.39, 0.29) is 16.6 Å². The molecule has 0 saturated heterocycles. The summed E-state index contributed by atoms with van der Waals surface area (Å²) >= 11 is 0. The molecule has 0 saturated carbocycles. The molecule has 0 fully saturated rings. The van der Waals surface area contributed by atoms with E-state index in [0.29, 0.717) is 29.3 Å². The Morgan fingerprint density at radius 3 is 2.16 bits per heavy atom. The predicted octanol–water partition coefficient (Wildman–Crippen LogP) is 4.71. The minimum atomic E-state index is -3.98. The van der Waals surface area contributed by atoms with Crippen LogP contribution in [-0.4, -0.2) is 28.0 Å². The largest absolute Gasteiger partial charge is 0.495 e. The van der Waals surface area contributed by atoms with Crippen LogP contribution < -0.4 is 19.5 Å². The third-order valence-electron chi connectivity index (χ3n) is 4.75. The highest BCUT2D eigenvalue weighted by molar-refractivity contribution is 7.92. The fraction of sp³-hybridized carbons (Fsp3) is 0.208. The molecule has 0 aliphatic carbocycles. The van der Waals surface area contributed by atoms with Crippen LogP contribution in [0.15, 0.2) is 71.6 Å². The monoisotopic (exact) mass is 454 g/mol. The molecule has 32 heavy (non-hydrogen) atoms. The fourth-order valence-corrected chi connectivity index (χ4v) is 4.31. The zero-order valence-electron chi connectivity index (χ0n) is 18.2. The van der Waals surface area contributed by atoms with Gasteiger partial charge in [0.25, 0.3) is 15.9 Å². The van der Waals surface area contributed by atoms with Crippen LogP contribution in [0.3, 0.4) is 0 Å². The Balaban J connectivity index is 1.83. The molecule has 0 aliphatic heterocycles. The maximum absolute atomic E-state index is 13.0. The minimum absolute atomic E-state index is 0.0898. The van der Waals surface area contributed by atoms with E-state index in [9.17, 15) is 13.2 Å². The normalized spacial score (nSPS) is 11.0. The van der Waals surface area contributed by atoms with Gasteiger partial charge >= 0.3 is 0 Å². The van der Waals surface area contributed by atoms with Crippen molar-refractivity contribution in [3.05, 3.63) is 77.9 Å². The molecular formula is C24H26N2O5S. The smallest absolute Gasteiger partial charge is 0.265 e. The lowest BCUT2D eigenvalue weighted by atomic mass is 10.1. The van der Waals surface area contributed by atoms with Crippen molar-refractivity contribution in [3.8, 4) is 11.5 Å². The van der Waals surface area contributed by atoms with Crippen LogP contribution in [0.4, 0.5) is 11.4 Å². The van der Waals surface area contributed by atoms with Crippen LogP contribution in [0.25, 0.3) is 0 Å². The summed E-state index contributed by atoms with van der Waals surface area (Å²) in [6, 6.07) is 18.3. The van der Waals surface area contributed by atoms with Crippen molar-refractivity contribution in [2.24, 2.45) is 0 Å². The summed E-state index contributed by atoms with van der Waals surface area (Å²) in [4.78, 5) is 12.5. The van der Waals surface area contributed by atoms with Crippen LogP contribution >= 0.6 is 0 Å². The summed E-state index contributed by atoms with van der Waals surface area (Å²) < 4.78 is 39.2. The van der Waals surface area contributed by atoms with Crippen molar-refractivity contribution >= 4 is 27.3 Å². The first-order valence-electron chi connectivity index (χ1n) is 10.2. The molecule has 1 amide bonds.